The Morgan fingerprint density at radius 3 is 1.35 bits per heavy atom. The first-order chi connectivity index (χ1) is 42.1. The number of likely N-dealkylation sites (N-methyl/N-ethyl adjacent to an activating group) is 1. The van der Waals surface area contributed by atoms with Gasteiger partial charge in [-0.2, -0.15) is 5.26 Å². The van der Waals surface area contributed by atoms with E-state index >= 15 is 0 Å². The number of imide groups is 1. The quantitative estimate of drug-likeness (QED) is 0.0727. The molecule has 0 atom stereocenters. The molecular weight excluding hydrogens is 1180 g/mol. The van der Waals surface area contributed by atoms with Gasteiger partial charge in [-0.25, -0.2) is 19.9 Å². The van der Waals surface area contributed by atoms with Gasteiger partial charge in [-0.3, -0.25) is 43.8 Å². The number of aromatic nitrogens is 4. The molecule has 14 nitrogen and oxygen atoms in total. The first-order valence-corrected chi connectivity index (χ1v) is 30.9. The topological polar surface area (TPSA) is 146 Å². The first kappa shape index (κ1) is 59.4. The second-order valence-corrected chi connectivity index (χ2v) is 25.4. The number of nitrogens with zero attached hydrogens (tertiary/aromatic N) is 11. The Morgan fingerprint density at radius 2 is 0.920 bits per heavy atom. The molecule has 440 valence electrons. The van der Waals surface area contributed by atoms with Gasteiger partial charge in [-0.1, -0.05) is 101 Å². The van der Waals surface area contributed by atoms with E-state index < -0.39 is 11.8 Å². The molecule has 3 amide bonds. The van der Waals surface area contributed by atoms with Gasteiger partial charge in [0.05, 0.1) is 49.7 Å². The SMILES string of the molecule is CCN1C(=O)C(C#N)=C(C)/C(=C/C=C2/N(c3c(C)cc(Cl)cc3C)c3nc4ccc(CCN5C(=O)/C(=C/C=C6N(c7c(C)cc(C)cc7C)c7nc8ccccc8nc7N6c6c(C)cc(C)cc6C)SC5=S)cc4nc3N2c2c(C)cc(Cl)cc2C)C1=O. The molecule has 6 heterocycles. The number of rotatable bonds is 10. The summed E-state index contributed by atoms with van der Waals surface area (Å²) in [6, 6.07) is 32.2. The van der Waals surface area contributed by atoms with Gasteiger partial charge < -0.3 is 0 Å². The summed E-state index contributed by atoms with van der Waals surface area (Å²) in [6.07, 6.45) is 7.81. The molecular formula is C70H61Cl2N11O3S2. The molecule has 2 aromatic heterocycles. The van der Waals surface area contributed by atoms with E-state index in [0.29, 0.717) is 72.4 Å². The van der Waals surface area contributed by atoms with Crippen molar-refractivity contribution in [2.24, 2.45) is 0 Å². The lowest BCUT2D eigenvalue weighted by Gasteiger charge is -2.29. The Bertz CT molecular complexity index is 4470. The molecule has 0 radical (unpaired) electrons. The van der Waals surface area contributed by atoms with Crippen molar-refractivity contribution in [1.29, 1.82) is 5.26 Å². The highest BCUT2D eigenvalue weighted by Crippen LogP contribution is 2.54. The van der Waals surface area contributed by atoms with Crippen molar-refractivity contribution in [2.75, 3.05) is 32.7 Å². The number of anilines is 8. The Hall–Kier alpha value is -8.98. The number of hydrogen-bond donors (Lipinski definition) is 0. The summed E-state index contributed by atoms with van der Waals surface area (Å²) in [7, 11) is 0. The van der Waals surface area contributed by atoms with Gasteiger partial charge in [-0.05, 0) is 218 Å². The highest BCUT2D eigenvalue weighted by Gasteiger charge is 2.43. The average molecular weight is 1240 g/mol. The van der Waals surface area contributed by atoms with E-state index in [1.807, 2.05) is 129 Å². The van der Waals surface area contributed by atoms with Gasteiger partial charge in [0.2, 0.25) is 0 Å². The summed E-state index contributed by atoms with van der Waals surface area (Å²) in [5.74, 6) is 2.39. The molecule has 0 saturated carbocycles. The molecule has 0 aliphatic carbocycles. The van der Waals surface area contributed by atoms with Gasteiger partial charge in [0.25, 0.3) is 17.7 Å². The standard InChI is InChI=1S/C70H61Cl2N11O3S2/c1-13-78-67(84)50(46(12)51(35-73)68(78)85)19-22-57-80(61-42(8)30-48(71)31-43(61)9)65-66(81(57)62-44(10)32-49(72)33-45(62)11)77-55-34-47(18-20-54(55)76-65)24-25-79-69(86)56(88-70(79)87)21-23-58-82(59-38(4)26-36(2)27-39(59)5)63-64(75-53-17-15-14-16-52(53)74-63)83(58)60-40(6)28-37(3)29-41(60)7/h14-23,26-34H,13,24-25H2,1-12H3/b50-19-,56-21-,57-22-. The number of fused-ring (bicyclic) bond motifs is 4. The van der Waals surface area contributed by atoms with Gasteiger partial charge in [0, 0.05) is 28.7 Å². The molecule has 0 unspecified atom stereocenters. The Labute approximate surface area is 531 Å². The van der Waals surface area contributed by atoms with Crippen LogP contribution in [0.5, 0.6) is 0 Å². The predicted octanol–water partition coefficient (Wildman–Crippen LogP) is 16.4. The number of aryl methyl sites for hydroxylation is 10. The van der Waals surface area contributed by atoms with Crippen LogP contribution in [0.15, 0.2) is 149 Å². The molecule has 88 heavy (non-hydrogen) atoms. The number of halogens is 2. The fourth-order valence-electron chi connectivity index (χ4n) is 12.9. The van der Waals surface area contributed by atoms with Crippen molar-refractivity contribution in [3.05, 3.63) is 220 Å². The molecule has 4 aliphatic heterocycles. The number of allylic oxidation sites excluding steroid dienone is 4. The molecule has 12 rings (SSSR count). The van der Waals surface area contributed by atoms with E-state index in [2.05, 4.69) is 75.6 Å². The van der Waals surface area contributed by atoms with Crippen LogP contribution in [0.2, 0.25) is 10.0 Å². The minimum absolute atomic E-state index is 0.0887. The maximum atomic E-state index is 14.8. The van der Waals surface area contributed by atoms with Crippen molar-refractivity contribution in [3.8, 4) is 6.07 Å². The molecule has 6 aromatic carbocycles. The third-order valence-electron chi connectivity index (χ3n) is 16.5. The Morgan fingerprint density at radius 1 is 0.511 bits per heavy atom. The molecule has 8 aromatic rings. The number of thioether (sulfide) groups is 1. The minimum Gasteiger partial charge on any atom is -0.293 e. The molecule has 0 N–H and O–H groups in total. The highest BCUT2D eigenvalue weighted by molar-refractivity contribution is 8.26. The molecule has 4 aliphatic rings. The number of hydrogen-bond acceptors (Lipinski definition) is 14. The zero-order valence-electron chi connectivity index (χ0n) is 50.8. The van der Waals surface area contributed by atoms with Crippen molar-refractivity contribution >= 4 is 137 Å². The van der Waals surface area contributed by atoms with Crippen LogP contribution in [0.4, 0.5) is 46.0 Å². The summed E-state index contributed by atoms with van der Waals surface area (Å²) in [4.78, 5) is 75.3. The summed E-state index contributed by atoms with van der Waals surface area (Å²) in [5, 5.41) is 11.3. The lowest BCUT2D eigenvalue weighted by molar-refractivity contribution is -0.140. The fourth-order valence-corrected chi connectivity index (χ4v) is 14.8. The van der Waals surface area contributed by atoms with Gasteiger partial charge in [0.15, 0.2) is 23.3 Å². The minimum atomic E-state index is -0.625. The Kier molecular flexibility index (Phi) is 15.5. The van der Waals surface area contributed by atoms with E-state index in [1.165, 1.54) is 11.8 Å². The number of para-hydroxylation sites is 2. The van der Waals surface area contributed by atoms with E-state index in [1.54, 1.807) is 24.8 Å². The highest BCUT2D eigenvalue weighted by atomic mass is 35.5. The molecule has 1 fully saturated rings. The number of carbonyl (C=O) groups excluding carboxylic acids is 3. The normalized spacial score (nSPS) is 16.6. The summed E-state index contributed by atoms with van der Waals surface area (Å²) in [6.45, 7) is 24.3. The second kappa shape index (κ2) is 22.9. The summed E-state index contributed by atoms with van der Waals surface area (Å²) in [5.41, 5.74) is 17.6. The number of carbonyl (C=O) groups is 3. The maximum Gasteiger partial charge on any atom is 0.271 e. The van der Waals surface area contributed by atoms with Crippen LogP contribution in [0.3, 0.4) is 0 Å². The van der Waals surface area contributed by atoms with E-state index in [9.17, 15) is 19.6 Å². The maximum absolute atomic E-state index is 14.8. The third-order valence-corrected chi connectivity index (χ3v) is 18.3. The number of thiocarbonyl (C=S) groups is 1. The fraction of sp³-hybridized carbons (Fsp3) is 0.214. The van der Waals surface area contributed by atoms with Crippen LogP contribution in [-0.4, -0.2) is 64.9 Å². The van der Waals surface area contributed by atoms with Crippen molar-refractivity contribution in [1.82, 2.24) is 29.7 Å². The lowest BCUT2D eigenvalue weighted by Crippen LogP contribution is -2.42. The van der Waals surface area contributed by atoms with Gasteiger partial charge in [0.1, 0.15) is 27.6 Å². The van der Waals surface area contributed by atoms with Gasteiger partial charge in [-0.15, -0.1) is 0 Å². The number of benzene rings is 6. The summed E-state index contributed by atoms with van der Waals surface area (Å²) < 4.78 is 0.450. The van der Waals surface area contributed by atoms with Crippen LogP contribution in [0.1, 0.15) is 75.0 Å². The molecule has 0 bridgehead atoms. The zero-order valence-corrected chi connectivity index (χ0v) is 54.0. The first-order valence-electron chi connectivity index (χ1n) is 28.9. The van der Waals surface area contributed by atoms with Crippen LogP contribution in [0.25, 0.3) is 22.1 Å². The van der Waals surface area contributed by atoms with Crippen molar-refractivity contribution in [3.63, 3.8) is 0 Å². The number of amides is 3. The molecule has 0 spiro atoms. The smallest absolute Gasteiger partial charge is 0.271 e. The zero-order chi connectivity index (χ0) is 62.5. The summed E-state index contributed by atoms with van der Waals surface area (Å²) >= 11 is 20.7. The largest absolute Gasteiger partial charge is 0.293 e. The Balaban J connectivity index is 0.932. The predicted molar refractivity (Wildman–Crippen MR) is 359 cm³/mol. The monoisotopic (exact) mass is 1240 g/mol. The van der Waals surface area contributed by atoms with Crippen molar-refractivity contribution in [2.45, 2.75) is 89.5 Å². The molecule has 18 heteroatoms. The van der Waals surface area contributed by atoms with Crippen LogP contribution >= 0.6 is 47.2 Å². The van der Waals surface area contributed by atoms with Crippen molar-refractivity contribution < 1.29 is 14.4 Å². The van der Waals surface area contributed by atoms with E-state index in [4.69, 9.17) is 55.4 Å². The van der Waals surface area contributed by atoms with E-state index in [-0.39, 0.29) is 29.2 Å². The van der Waals surface area contributed by atoms with E-state index in [0.717, 1.165) is 106 Å². The van der Waals surface area contributed by atoms with Crippen LogP contribution in [0, 0.1) is 80.6 Å². The van der Waals surface area contributed by atoms with Gasteiger partial charge >= 0.3 is 0 Å². The average Bonchev–Trinajstić information content (AvgIpc) is 1.58. The van der Waals surface area contributed by atoms with Crippen LogP contribution in [-0.2, 0) is 20.8 Å². The van der Waals surface area contributed by atoms with Crippen LogP contribution < -0.4 is 19.6 Å². The number of nitriles is 1. The lowest BCUT2D eigenvalue weighted by atomic mass is 9.95. The second-order valence-electron chi connectivity index (χ2n) is 22.9. The third kappa shape index (κ3) is 10.1. The molecule has 1 saturated heterocycles.